The highest BCUT2D eigenvalue weighted by Gasteiger charge is 2.39. The second kappa shape index (κ2) is 6.46. The van der Waals surface area contributed by atoms with Gasteiger partial charge in [0, 0.05) is 20.7 Å². The summed E-state index contributed by atoms with van der Waals surface area (Å²) in [5.41, 5.74) is 7.19. The van der Waals surface area contributed by atoms with E-state index in [4.69, 9.17) is 15.2 Å². The molecule has 0 amide bonds. The average molecular weight is 278 g/mol. The smallest absolute Gasteiger partial charge is 0.142 e. The molecule has 1 fully saturated rings. The molecule has 1 saturated carbocycles. The Labute approximate surface area is 121 Å². The Morgan fingerprint density at radius 2 is 2.10 bits per heavy atom. The monoisotopic (exact) mass is 278 g/mol. The van der Waals surface area contributed by atoms with Gasteiger partial charge in [0.15, 0.2) is 0 Å². The van der Waals surface area contributed by atoms with Gasteiger partial charge in [-0.3, -0.25) is 0 Å². The maximum atomic E-state index is 6.15. The summed E-state index contributed by atoms with van der Waals surface area (Å²) in [6.45, 7) is 0.626. The summed E-state index contributed by atoms with van der Waals surface area (Å²) in [6, 6.07) is 8.11. The second-order valence-corrected chi connectivity index (χ2v) is 5.61. The van der Waals surface area contributed by atoms with Crippen LogP contribution in [-0.4, -0.2) is 39.5 Å². The van der Waals surface area contributed by atoms with Gasteiger partial charge in [0.25, 0.3) is 0 Å². The van der Waals surface area contributed by atoms with Gasteiger partial charge in [0.1, 0.15) is 5.75 Å². The summed E-state index contributed by atoms with van der Waals surface area (Å²) >= 11 is 0. The zero-order valence-electron chi connectivity index (χ0n) is 12.8. The van der Waals surface area contributed by atoms with Gasteiger partial charge in [-0.1, -0.05) is 12.1 Å². The van der Waals surface area contributed by atoms with Gasteiger partial charge in [0.05, 0.1) is 24.4 Å². The highest BCUT2D eigenvalue weighted by Crippen LogP contribution is 2.39. The molecule has 112 valence electrons. The molecule has 2 N–H and O–H groups in total. The number of nitrogens with zero attached hydrogens (tertiary/aromatic N) is 1. The van der Waals surface area contributed by atoms with Crippen LogP contribution < -0.4 is 15.4 Å². The van der Waals surface area contributed by atoms with Crippen molar-refractivity contribution >= 4 is 5.69 Å². The second-order valence-electron chi connectivity index (χ2n) is 5.61. The standard InChI is InChI=1S/C16H26N2O2/c1-18(14-8-4-5-9-15(14)20-3)16(12-17)10-6-7-13(11-16)19-2/h4-5,8-9,13H,6-7,10-12,17H2,1-3H3. The van der Waals surface area contributed by atoms with E-state index in [9.17, 15) is 0 Å². The van der Waals surface area contributed by atoms with E-state index >= 15 is 0 Å². The first kappa shape index (κ1) is 15.1. The maximum absolute atomic E-state index is 6.15. The van der Waals surface area contributed by atoms with Gasteiger partial charge >= 0.3 is 0 Å². The number of benzene rings is 1. The third-order valence-corrected chi connectivity index (χ3v) is 4.65. The van der Waals surface area contributed by atoms with Gasteiger partial charge in [0.2, 0.25) is 0 Å². The van der Waals surface area contributed by atoms with Crippen LogP contribution in [0.4, 0.5) is 5.69 Å². The number of methoxy groups -OCH3 is 2. The highest BCUT2D eigenvalue weighted by molar-refractivity contribution is 5.59. The predicted octanol–water partition coefficient (Wildman–Crippen LogP) is 2.42. The number of likely N-dealkylation sites (N-methyl/N-ethyl adjacent to an activating group) is 1. The SMILES string of the molecule is COc1ccccc1N(C)C1(CN)CCCC(OC)C1. The molecule has 2 atom stereocenters. The van der Waals surface area contributed by atoms with Crippen molar-refractivity contribution in [2.24, 2.45) is 5.73 Å². The molecule has 1 aromatic carbocycles. The summed E-state index contributed by atoms with van der Waals surface area (Å²) in [4.78, 5) is 2.29. The Balaban J connectivity index is 2.30. The molecule has 0 aliphatic heterocycles. The van der Waals surface area contributed by atoms with E-state index in [2.05, 4.69) is 18.0 Å². The minimum Gasteiger partial charge on any atom is -0.495 e. The van der Waals surface area contributed by atoms with Gasteiger partial charge in [-0.15, -0.1) is 0 Å². The maximum Gasteiger partial charge on any atom is 0.142 e. The zero-order chi connectivity index (χ0) is 14.6. The van der Waals surface area contributed by atoms with E-state index in [1.54, 1.807) is 14.2 Å². The molecule has 2 unspecified atom stereocenters. The van der Waals surface area contributed by atoms with Crippen molar-refractivity contribution in [1.82, 2.24) is 0 Å². The largest absolute Gasteiger partial charge is 0.495 e. The van der Waals surface area contributed by atoms with Gasteiger partial charge in [-0.05, 0) is 37.8 Å². The van der Waals surface area contributed by atoms with E-state index in [1.165, 1.54) is 0 Å². The molecule has 0 spiro atoms. The van der Waals surface area contributed by atoms with Crippen LogP contribution in [0, 0.1) is 0 Å². The van der Waals surface area contributed by atoms with Crippen LogP contribution in [0.1, 0.15) is 25.7 Å². The van der Waals surface area contributed by atoms with Crippen molar-refractivity contribution in [3.63, 3.8) is 0 Å². The summed E-state index contributed by atoms with van der Waals surface area (Å²) in [5.74, 6) is 0.891. The zero-order valence-corrected chi connectivity index (χ0v) is 12.8. The van der Waals surface area contributed by atoms with Crippen molar-refractivity contribution in [2.45, 2.75) is 37.3 Å². The number of ether oxygens (including phenoxy) is 2. The molecular formula is C16H26N2O2. The van der Waals surface area contributed by atoms with Gasteiger partial charge in [-0.2, -0.15) is 0 Å². The van der Waals surface area contributed by atoms with Crippen molar-refractivity contribution < 1.29 is 9.47 Å². The first-order valence-corrected chi connectivity index (χ1v) is 7.26. The number of hydrogen-bond acceptors (Lipinski definition) is 4. The van der Waals surface area contributed by atoms with Crippen LogP contribution in [0.15, 0.2) is 24.3 Å². The summed E-state index contributed by atoms with van der Waals surface area (Å²) < 4.78 is 11.1. The fourth-order valence-electron chi connectivity index (χ4n) is 3.28. The Hall–Kier alpha value is -1.26. The Kier molecular flexibility index (Phi) is 4.89. The number of hydrogen-bond donors (Lipinski definition) is 1. The van der Waals surface area contributed by atoms with Crippen LogP contribution >= 0.6 is 0 Å². The summed E-state index contributed by atoms with van der Waals surface area (Å²) in [5, 5.41) is 0. The van der Waals surface area contributed by atoms with Gasteiger partial charge < -0.3 is 20.1 Å². The van der Waals surface area contributed by atoms with Crippen molar-refractivity contribution in [2.75, 3.05) is 32.7 Å². The normalized spacial score (nSPS) is 26.3. The number of rotatable bonds is 5. The lowest BCUT2D eigenvalue weighted by Crippen LogP contribution is -2.56. The first-order valence-electron chi connectivity index (χ1n) is 7.26. The molecule has 0 saturated heterocycles. The molecule has 0 aromatic heterocycles. The van der Waals surface area contributed by atoms with Crippen molar-refractivity contribution in [3.8, 4) is 5.75 Å². The lowest BCUT2D eigenvalue weighted by Gasteiger charge is -2.47. The fourth-order valence-corrected chi connectivity index (χ4v) is 3.28. The third kappa shape index (κ3) is 2.76. The Morgan fingerprint density at radius 3 is 2.75 bits per heavy atom. The topological polar surface area (TPSA) is 47.7 Å². The van der Waals surface area contributed by atoms with Crippen molar-refractivity contribution in [3.05, 3.63) is 24.3 Å². The summed E-state index contributed by atoms with van der Waals surface area (Å²) in [7, 11) is 5.61. The van der Waals surface area contributed by atoms with E-state index in [0.717, 1.165) is 37.1 Å². The number of nitrogens with two attached hydrogens (primary N) is 1. The van der Waals surface area contributed by atoms with E-state index in [1.807, 2.05) is 18.2 Å². The molecule has 0 heterocycles. The van der Waals surface area contributed by atoms with Crippen molar-refractivity contribution in [1.29, 1.82) is 0 Å². The van der Waals surface area contributed by atoms with E-state index in [0.29, 0.717) is 12.6 Å². The molecule has 1 aliphatic rings. The Morgan fingerprint density at radius 1 is 1.35 bits per heavy atom. The fraction of sp³-hybridized carbons (Fsp3) is 0.625. The lowest BCUT2D eigenvalue weighted by atomic mass is 9.78. The lowest BCUT2D eigenvalue weighted by molar-refractivity contribution is 0.0422. The molecule has 0 bridgehead atoms. The molecule has 1 aliphatic carbocycles. The first-order chi connectivity index (χ1) is 9.66. The molecule has 20 heavy (non-hydrogen) atoms. The van der Waals surface area contributed by atoms with E-state index < -0.39 is 0 Å². The molecule has 2 rings (SSSR count). The van der Waals surface area contributed by atoms with Crippen LogP contribution in [0.2, 0.25) is 0 Å². The molecular weight excluding hydrogens is 252 g/mol. The minimum absolute atomic E-state index is 0.0481. The van der Waals surface area contributed by atoms with Crippen LogP contribution in [0.5, 0.6) is 5.75 Å². The van der Waals surface area contributed by atoms with E-state index in [-0.39, 0.29) is 5.54 Å². The number of anilines is 1. The predicted molar refractivity (Wildman–Crippen MR) is 82.4 cm³/mol. The van der Waals surface area contributed by atoms with Gasteiger partial charge in [-0.25, -0.2) is 0 Å². The third-order valence-electron chi connectivity index (χ3n) is 4.65. The molecule has 4 nitrogen and oxygen atoms in total. The molecule has 0 radical (unpaired) electrons. The number of para-hydroxylation sites is 2. The minimum atomic E-state index is -0.0481. The molecule has 4 heteroatoms. The molecule has 1 aromatic rings. The quantitative estimate of drug-likeness (QED) is 0.898. The van der Waals surface area contributed by atoms with Crippen LogP contribution in [0.3, 0.4) is 0 Å². The Bertz CT molecular complexity index is 438. The average Bonchev–Trinajstić information content (AvgIpc) is 2.53. The summed E-state index contributed by atoms with van der Waals surface area (Å²) in [6.07, 6.45) is 4.63. The highest BCUT2D eigenvalue weighted by atomic mass is 16.5. The van der Waals surface area contributed by atoms with Crippen LogP contribution in [0.25, 0.3) is 0 Å². The van der Waals surface area contributed by atoms with Crippen LogP contribution in [-0.2, 0) is 4.74 Å².